The smallest absolute Gasteiger partial charge is 0.202 e. The van der Waals surface area contributed by atoms with Gasteiger partial charge in [0.2, 0.25) is 5.76 Å². The van der Waals surface area contributed by atoms with Gasteiger partial charge in [-0.1, -0.05) is 5.16 Å². The molecule has 1 aromatic carbocycles. The quantitative estimate of drug-likeness (QED) is 0.841. The van der Waals surface area contributed by atoms with Crippen LogP contribution in [0.25, 0.3) is 11.3 Å². The summed E-state index contributed by atoms with van der Waals surface area (Å²) in [6.07, 6.45) is 1.04. The van der Waals surface area contributed by atoms with Gasteiger partial charge in [0, 0.05) is 5.56 Å². The van der Waals surface area contributed by atoms with Crippen molar-refractivity contribution in [3.8, 4) is 17.1 Å². The van der Waals surface area contributed by atoms with E-state index in [1.165, 1.54) is 0 Å². The average Bonchev–Trinajstić information content (AvgIpc) is 2.64. The molecule has 0 saturated carbocycles. The summed E-state index contributed by atoms with van der Waals surface area (Å²) in [6.45, 7) is 0. The van der Waals surface area contributed by atoms with Crippen molar-refractivity contribution in [2.24, 2.45) is 0 Å². The van der Waals surface area contributed by atoms with Crippen LogP contribution in [0.4, 0.5) is 4.39 Å². The first-order chi connectivity index (χ1) is 7.22. The van der Waals surface area contributed by atoms with E-state index in [4.69, 9.17) is 9.26 Å². The van der Waals surface area contributed by atoms with Crippen LogP contribution in [0.1, 0.15) is 0 Å². The summed E-state index contributed by atoms with van der Waals surface area (Å²) in [7, 11) is 1.56. The Morgan fingerprint density at radius 3 is 2.80 bits per heavy atom. The fourth-order valence-electron chi connectivity index (χ4n) is 1.23. The second kappa shape index (κ2) is 4.02. The monoisotopic (exact) mass is 271 g/mol. The van der Waals surface area contributed by atoms with Gasteiger partial charge in [-0.05, 0) is 34.1 Å². The van der Waals surface area contributed by atoms with Crippen molar-refractivity contribution in [2.75, 3.05) is 7.11 Å². The van der Waals surface area contributed by atoms with Crippen molar-refractivity contribution < 1.29 is 13.7 Å². The van der Waals surface area contributed by atoms with Crippen LogP contribution in [-0.4, -0.2) is 12.3 Å². The van der Waals surface area contributed by atoms with Crippen LogP contribution in [0.15, 0.2) is 33.4 Å². The molecule has 1 heterocycles. The van der Waals surface area contributed by atoms with Crippen LogP contribution in [0, 0.1) is 5.82 Å². The lowest BCUT2D eigenvalue weighted by Crippen LogP contribution is -1.85. The number of ether oxygens (including phenoxy) is 1. The van der Waals surface area contributed by atoms with Crippen molar-refractivity contribution in [1.82, 2.24) is 5.16 Å². The number of rotatable bonds is 2. The third-order valence-electron chi connectivity index (χ3n) is 1.94. The van der Waals surface area contributed by atoms with E-state index in [9.17, 15) is 4.39 Å². The van der Waals surface area contributed by atoms with Crippen LogP contribution < -0.4 is 4.74 Å². The normalized spacial score (nSPS) is 10.3. The zero-order chi connectivity index (χ0) is 10.8. The zero-order valence-corrected chi connectivity index (χ0v) is 9.42. The van der Waals surface area contributed by atoms with E-state index in [0.717, 1.165) is 10.7 Å². The molecule has 0 radical (unpaired) electrons. The summed E-state index contributed by atoms with van der Waals surface area (Å²) in [5.41, 5.74) is 0.609. The largest absolute Gasteiger partial charge is 0.496 e. The van der Waals surface area contributed by atoms with Crippen molar-refractivity contribution in [3.63, 3.8) is 0 Å². The molecule has 2 rings (SSSR count). The first-order valence-electron chi connectivity index (χ1n) is 4.16. The Bertz CT molecular complexity index is 484. The summed E-state index contributed by atoms with van der Waals surface area (Å²) in [5, 5.41) is 3.37. The molecule has 5 heteroatoms. The van der Waals surface area contributed by atoms with Gasteiger partial charge in [0.15, 0.2) is 5.82 Å². The number of benzene rings is 1. The van der Waals surface area contributed by atoms with E-state index in [-0.39, 0.29) is 5.76 Å². The molecule has 0 amide bonds. The summed E-state index contributed by atoms with van der Waals surface area (Å²) in [5.74, 6) is 0.323. The molecule has 15 heavy (non-hydrogen) atoms. The first-order valence-corrected chi connectivity index (χ1v) is 4.95. The lowest BCUT2D eigenvalue weighted by molar-refractivity contribution is 0.411. The molecule has 0 N–H and O–H groups in total. The van der Waals surface area contributed by atoms with Crippen LogP contribution in [0.5, 0.6) is 5.75 Å². The van der Waals surface area contributed by atoms with Gasteiger partial charge in [0.05, 0.1) is 11.6 Å². The van der Waals surface area contributed by atoms with Gasteiger partial charge in [-0.2, -0.15) is 0 Å². The highest BCUT2D eigenvalue weighted by molar-refractivity contribution is 9.10. The van der Waals surface area contributed by atoms with Gasteiger partial charge in [-0.3, -0.25) is 0 Å². The number of nitrogens with zero attached hydrogens (tertiary/aromatic N) is 1. The number of hydrogen-bond donors (Lipinski definition) is 0. The predicted molar refractivity (Wildman–Crippen MR) is 56.1 cm³/mol. The Morgan fingerprint density at radius 2 is 2.27 bits per heavy atom. The molecular weight excluding hydrogens is 265 g/mol. The van der Waals surface area contributed by atoms with Gasteiger partial charge in [0.25, 0.3) is 0 Å². The molecule has 0 atom stereocenters. The van der Waals surface area contributed by atoms with E-state index in [0.29, 0.717) is 11.3 Å². The minimum absolute atomic E-state index is 0.123. The molecule has 0 aliphatic heterocycles. The zero-order valence-electron chi connectivity index (χ0n) is 7.83. The fraction of sp³-hybridized carbons (Fsp3) is 0.100. The Kier molecular flexibility index (Phi) is 2.73. The van der Waals surface area contributed by atoms with Crippen molar-refractivity contribution in [1.29, 1.82) is 0 Å². The number of hydrogen-bond acceptors (Lipinski definition) is 3. The predicted octanol–water partition coefficient (Wildman–Crippen LogP) is 3.25. The second-order valence-corrected chi connectivity index (χ2v) is 3.71. The van der Waals surface area contributed by atoms with Crippen molar-refractivity contribution in [3.05, 3.63) is 34.7 Å². The van der Waals surface area contributed by atoms with Gasteiger partial charge >= 0.3 is 0 Å². The molecule has 2 aromatic rings. The van der Waals surface area contributed by atoms with E-state index in [2.05, 4.69) is 21.1 Å². The van der Waals surface area contributed by atoms with E-state index in [1.807, 2.05) is 0 Å². The maximum absolute atomic E-state index is 13.1. The third-order valence-corrected chi connectivity index (χ3v) is 2.56. The first kappa shape index (κ1) is 10.2. The maximum Gasteiger partial charge on any atom is 0.202 e. The lowest BCUT2D eigenvalue weighted by atomic mass is 10.1. The van der Waals surface area contributed by atoms with E-state index < -0.39 is 5.82 Å². The maximum atomic E-state index is 13.1. The molecule has 0 aliphatic carbocycles. The molecule has 1 aromatic heterocycles. The molecule has 0 aliphatic rings. The van der Waals surface area contributed by atoms with Gasteiger partial charge in [-0.25, -0.2) is 4.39 Å². The molecule has 78 valence electrons. The average molecular weight is 272 g/mol. The highest BCUT2D eigenvalue weighted by Gasteiger charge is 2.11. The minimum atomic E-state index is -0.480. The summed E-state index contributed by atoms with van der Waals surface area (Å²) < 4.78 is 23.7. The summed E-state index contributed by atoms with van der Waals surface area (Å²) in [4.78, 5) is 0. The number of aromatic nitrogens is 1. The van der Waals surface area contributed by atoms with Gasteiger partial charge < -0.3 is 9.26 Å². The Morgan fingerprint density at radius 1 is 1.47 bits per heavy atom. The van der Waals surface area contributed by atoms with Crippen molar-refractivity contribution in [2.45, 2.75) is 0 Å². The number of halogens is 2. The fourth-order valence-corrected chi connectivity index (χ4v) is 1.77. The van der Waals surface area contributed by atoms with E-state index >= 15 is 0 Å². The van der Waals surface area contributed by atoms with Gasteiger partial charge in [-0.15, -0.1) is 0 Å². The summed E-state index contributed by atoms with van der Waals surface area (Å²) in [6, 6.07) is 5.14. The Balaban J connectivity index is 2.47. The topological polar surface area (TPSA) is 35.3 Å². The highest BCUT2D eigenvalue weighted by atomic mass is 79.9. The molecule has 3 nitrogen and oxygen atoms in total. The lowest BCUT2D eigenvalue weighted by Gasteiger charge is -2.03. The SMILES string of the molecule is COc1ccc(-c2oncc2F)cc1Br. The molecule has 0 spiro atoms. The molecule has 0 saturated heterocycles. The van der Waals surface area contributed by atoms with Crippen LogP contribution in [-0.2, 0) is 0 Å². The Hall–Kier alpha value is -1.36. The second-order valence-electron chi connectivity index (χ2n) is 2.85. The van der Waals surface area contributed by atoms with Crippen LogP contribution in [0.2, 0.25) is 0 Å². The van der Waals surface area contributed by atoms with Gasteiger partial charge in [0.1, 0.15) is 11.9 Å². The third kappa shape index (κ3) is 1.87. The molecule has 0 unspecified atom stereocenters. The van der Waals surface area contributed by atoms with Crippen LogP contribution in [0.3, 0.4) is 0 Å². The highest BCUT2D eigenvalue weighted by Crippen LogP contribution is 2.31. The Labute approximate surface area is 94.0 Å². The number of methoxy groups -OCH3 is 1. The van der Waals surface area contributed by atoms with E-state index in [1.54, 1.807) is 25.3 Å². The molecule has 0 fully saturated rings. The standard InChI is InChI=1S/C10H7BrFNO2/c1-14-9-3-2-6(4-7(9)11)10-8(12)5-13-15-10/h2-5H,1H3. The molecule has 0 bridgehead atoms. The summed E-state index contributed by atoms with van der Waals surface area (Å²) >= 11 is 3.31. The van der Waals surface area contributed by atoms with Crippen LogP contribution >= 0.6 is 15.9 Å². The minimum Gasteiger partial charge on any atom is -0.496 e. The molecular formula is C10H7BrFNO2. The van der Waals surface area contributed by atoms with Crippen molar-refractivity contribution >= 4 is 15.9 Å².